The van der Waals surface area contributed by atoms with Crippen LogP contribution in [0.3, 0.4) is 0 Å². The Kier molecular flexibility index (Phi) is 10.2. The maximum absolute atomic E-state index is 5.36. The predicted molar refractivity (Wildman–Crippen MR) is 57.1 cm³/mol. The molecule has 4 nitrogen and oxygen atoms in total. The smallest absolute Gasteiger partial charge is 0.320 e. The van der Waals surface area contributed by atoms with Gasteiger partial charge in [0.15, 0.2) is 0 Å². The van der Waals surface area contributed by atoms with Gasteiger partial charge in [0.25, 0.3) is 0 Å². The molecule has 0 radical (unpaired) electrons. The van der Waals surface area contributed by atoms with Crippen molar-refractivity contribution in [2.45, 2.75) is 18.9 Å². The molecule has 5 heteroatoms. The number of rotatable bonds is 9. The van der Waals surface area contributed by atoms with Crippen LogP contribution in [0.2, 0.25) is 6.04 Å². The van der Waals surface area contributed by atoms with Gasteiger partial charge in [-0.2, -0.15) is 0 Å². The molecule has 0 saturated heterocycles. The summed E-state index contributed by atoms with van der Waals surface area (Å²) in [6.45, 7) is 2.82. The number of nitrogens with two attached hydrogens (primary N) is 1. The van der Waals surface area contributed by atoms with E-state index in [2.05, 4.69) is 5.32 Å². The van der Waals surface area contributed by atoms with Gasteiger partial charge in [-0.05, 0) is 38.5 Å². The summed E-state index contributed by atoms with van der Waals surface area (Å²) >= 11 is 0. The molecule has 80 valence electrons. The first-order chi connectivity index (χ1) is 6.35. The molecule has 0 aliphatic rings. The Balaban J connectivity index is 3.05. The summed E-state index contributed by atoms with van der Waals surface area (Å²) in [7, 11) is 2.13. The van der Waals surface area contributed by atoms with E-state index in [0.717, 1.165) is 38.5 Å². The number of hydrogen-bond donors (Lipinski definition) is 2. The molecule has 0 heterocycles. The molecule has 3 N–H and O–H groups in total. The lowest BCUT2D eigenvalue weighted by atomic mass is 10.4. The van der Waals surface area contributed by atoms with Crippen LogP contribution in [0.15, 0.2) is 0 Å². The van der Waals surface area contributed by atoms with E-state index < -0.39 is 9.28 Å². The molecular weight excluding hydrogens is 184 g/mol. The summed E-state index contributed by atoms with van der Waals surface area (Å²) < 4.78 is 10.4. The van der Waals surface area contributed by atoms with Crippen molar-refractivity contribution in [1.29, 1.82) is 0 Å². The first-order valence-corrected chi connectivity index (χ1v) is 6.57. The van der Waals surface area contributed by atoms with Crippen LogP contribution in [0.1, 0.15) is 12.8 Å². The van der Waals surface area contributed by atoms with Crippen molar-refractivity contribution in [3.05, 3.63) is 0 Å². The van der Waals surface area contributed by atoms with Gasteiger partial charge in [0.2, 0.25) is 0 Å². The lowest BCUT2D eigenvalue weighted by molar-refractivity contribution is 0.276. The quantitative estimate of drug-likeness (QED) is 0.406. The highest BCUT2D eigenvalue weighted by atomic mass is 28.3. The van der Waals surface area contributed by atoms with Crippen LogP contribution in [0.25, 0.3) is 0 Å². The van der Waals surface area contributed by atoms with Crippen LogP contribution in [-0.2, 0) is 8.85 Å². The van der Waals surface area contributed by atoms with Crippen LogP contribution in [0.4, 0.5) is 0 Å². The van der Waals surface area contributed by atoms with Crippen molar-refractivity contribution < 1.29 is 8.85 Å². The lowest BCUT2D eigenvalue weighted by Crippen LogP contribution is -2.23. The fraction of sp³-hybridized carbons (Fsp3) is 1.00. The molecule has 0 aromatic rings. The van der Waals surface area contributed by atoms with Crippen molar-refractivity contribution in [2.24, 2.45) is 5.73 Å². The van der Waals surface area contributed by atoms with E-state index in [9.17, 15) is 0 Å². The second-order valence-corrected chi connectivity index (χ2v) is 5.31. The number of hydrogen-bond acceptors (Lipinski definition) is 4. The normalized spacial score (nSPS) is 11.1. The molecule has 0 rings (SSSR count). The Labute approximate surface area is 82.6 Å². The van der Waals surface area contributed by atoms with Crippen LogP contribution in [0.5, 0.6) is 0 Å². The van der Waals surface area contributed by atoms with Gasteiger partial charge in [0.1, 0.15) is 0 Å². The Morgan fingerprint density at radius 2 is 1.77 bits per heavy atom. The van der Waals surface area contributed by atoms with Gasteiger partial charge >= 0.3 is 9.28 Å². The first-order valence-electron chi connectivity index (χ1n) is 4.81. The topological polar surface area (TPSA) is 56.5 Å². The van der Waals surface area contributed by atoms with Gasteiger partial charge in [0, 0.05) is 14.2 Å². The monoisotopic (exact) mass is 206 g/mol. The maximum Gasteiger partial charge on any atom is 0.320 e. The molecule has 0 fully saturated rings. The molecule has 0 spiro atoms. The van der Waals surface area contributed by atoms with Crippen molar-refractivity contribution in [3.63, 3.8) is 0 Å². The van der Waals surface area contributed by atoms with Gasteiger partial charge in [-0.25, -0.2) is 0 Å². The Bertz CT molecular complexity index is 102. The third kappa shape index (κ3) is 8.39. The molecule has 0 amide bonds. The van der Waals surface area contributed by atoms with Crippen molar-refractivity contribution in [3.8, 4) is 0 Å². The minimum Gasteiger partial charge on any atom is -0.400 e. The number of nitrogens with one attached hydrogen (secondary N) is 1. The highest BCUT2D eigenvalue weighted by molar-refractivity contribution is 6.44. The fourth-order valence-electron chi connectivity index (χ4n) is 1.08. The summed E-state index contributed by atoms with van der Waals surface area (Å²) in [5.74, 6) is 0. The van der Waals surface area contributed by atoms with Gasteiger partial charge in [0.05, 0.1) is 0 Å². The average Bonchev–Trinajstić information content (AvgIpc) is 2.17. The van der Waals surface area contributed by atoms with Crippen LogP contribution >= 0.6 is 0 Å². The minimum absolute atomic E-state index is 0.764. The lowest BCUT2D eigenvalue weighted by Gasteiger charge is -2.10. The maximum atomic E-state index is 5.36. The summed E-state index contributed by atoms with van der Waals surface area (Å²) in [5.41, 5.74) is 5.36. The first kappa shape index (κ1) is 13.1. The zero-order valence-electron chi connectivity index (χ0n) is 8.71. The van der Waals surface area contributed by atoms with Crippen LogP contribution in [0, 0.1) is 0 Å². The van der Waals surface area contributed by atoms with Crippen LogP contribution < -0.4 is 11.1 Å². The molecule has 0 aromatic carbocycles. The fourth-order valence-corrected chi connectivity index (χ4v) is 2.28. The molecule has 0 saturated carbocycles. The van der Waals surface area contributed by atoms with E-state index in [1.807, 2.05) is 0 Å². The van der Waals surface area contributed by atoms with Crippen LogP contribution in [-0.4, -0.2) is 43.1 Å². The molecule has 0 unspecified atom stereocenters. The van der Waals surface area contributed by atoms with Gasteiger partial charge < -0.3 is 19.9 Å². The zero-order valence-corrected chi connectivity index (χ0v) is 9.87. The van der Waals surface area contributed by atoms with Gasteiger partial charge in [-0.1, -0.05) is 0 Å². The van der Waals surface area contributed by atoms with E-state index in [1.165, 1.54) is 0 Å². The Morgan fingerprint density at radius 1 is 1.15 bits per heavy atom. The predicted octanol–water partition coefficient (Wildman–Crippen LogP) is -0.172. The van der Waals surface area contributed by atoms with E-state index in [0.29, 0.717) is 0 Å². The third-order valence-electron chi connectivity index (χ3n) is 1.88. The summed E-state index contributed by atoms with van der Waals surface area (Å²) in [6, 6.07) is 1.07. The molecule has 13 heavy (non-hydrogen) atoms. The molecule has 0 atom stereocenters. The van der Waals surface area contributed by atoms with E-state index in [4.69, 9.17) is 14.6 Å². The molecule has 0 aliphatic heterocycles. The Hall–Kier alpha value is 0.0569. The van der Waals surface area contributed by atoms with Gasteiger partial charge in [-0.15, -0.1) is 0 Å². The van der Waals surface area contributed by atoms with E-state index in [1.54, 1.807) is 14.2 Å². The highest BCUT2D eigenvalue weighted by Gasteiger charge is 2.07. The standard InChI is InChI=1S/C8H22N2O2Si/c1-11-13(12-2)8-4-7-10-6-3-5-9/h10,13H,3-9H2,1-2H3. The van der Waals surface area contributed by atoms with E-state index in [-0.39, 0.29) is 0 Å². The average molecular weight is 206 g/mol. The summed E-state index contributed by atoms with van der Waals surface area (Å²) in [5, 5.41) is 3.32. The molecule has 0 bridgehead atoms. The van der Waals surface area contributed by atoms with Crippen molar-refractivity contribution in [2.75, 3.05) is 33.9 Å². The SMILES string of the molecule is CO[SiH](CCCNCCCN)OC. The second kappa shape index (κ2) is 10.1. The summed E-state index contributed by atoms with van der Waals surface area (Å²) in [4.78, 5) is 0. The minimum atomic E-state index is -1.32. The summed E-state index contributed by atoms with van der Waals surface area (Å²) in [6.07, 6.45) is 2.18. The highest BCUT2D eigenvalue weighted by Crippen LogP contribution is 1.97. The van der Waals surface area contributed by atoms with Gasteiger partial charge in [-0.3, -0.25) is 0 Å². The molecule has 0 aliphatic carbocycles. The van der Waals surface area contributed by atoms with Crippen molar-refractivity contribution >= 4 is 9.28 Å². The molecular formula is C8H22N2O2Si. The van der Waals surface area contributed by atoms with Crippen molar-refractivity contribution in [1.82, 2.24) is 5.32 Å². The second-order valence-electron chi connectivity index (χ2n) is 2.94. The third-order valence-corrected chi connectivity index (χ3v) is 3.81. The molecule has 0 aromatic heterocycles. The Morgan fingerprint density at radius 3 is 2.31 bits per heavy atom. The zero-order chi connectivity index (χ0) is 9.94. The van der Waals surface area contributed by atoms with E-state index >= 15 is 0 Å². The largest absolute Gasteiger partial charge is 0.400 e.